The Morgan fingerprint density at radius 1 is 1.00 bits per heavy atom. The summed E-state index contributed by atoms with van der Waals surface area (Å²) >= 11 is 12.4. The van der Waals surface area contributed by atoms with Crippen molar-refractivity contribution in [2.24, 2.45) is 5.41 Å². The first-order valence-corrected chi connectivity index (χ1v) is 10.6. The Labute approximate surface area is 188 Å². The quantitative estimate of drug-likeness (QED) is 0.464. The first-order valence-electron chi connectivity index (χ1n) is 9.83. The van der Waals surface area contributed by atoms with Crippen molar-refractivity contribution >= 4 is 35.0 Å². The van der Waals surface area contributed by atoms with Gasteiger partial charge in [0, 0.05) is 15.7 Å². The minimum Gasteiger partial charge on any atom is -0.373 e. The van der Waals surface area contributed by atoms with Crippen LogP contribution in [-0.4, -0.2) is 20.2 Å². The highest BCUT2D eigenvalue weighted by atomic mass is 35.5. The number of nitrogens with zero attached hydrogens (tertiary/aromatic N) is 4. The molecule has 1 N–H and O–H groups in total. The van der Waals surface area contributed by atoms with Crippen molar-refractivity contribution in [2.75, 3.05) is 5.32 Å². The number of nitrogens with one attached hydrogen (secondary N) is 1. The third-order valence-corrected chi connectivity index (χ3v) is 5.42. The molecule has 0 aliphatic carbocycles. The predicted molar refractivity (Wildman–Crippen MR) is 125 cm³/mol. The lowest BCUT2D eigenvalue weighted by Crippen LogP contribution is -2.35. The number of anilines is 1. The van der Waals surface area contributed by atoms with Crippen LogP contribution in [0.15, 0.2) is 54.6 Å². The monoisotopic (exact) mass is 443 g/mol. The van der Waals surface area contributed by atoms with Gasteiger partial charge in [0.15, 0.2) is 5.82 Å². The molecule has 3 aromatic rings. The number of aromatic nitrogens is 4. The van der Waals surface area contributed by atoms with Crippen LogP contribution in [0, 0.1) is 5.41 Å². The summed E-state index contributed by atoms with van der Waals surface area (Å²) in [7, 11) is 0. The summed E-state index contributed by atoms with van der Waals surface area (Å²) in [5, 5.41) is 17.5. The second-order valence-corrected chi connectivity index (χ2v) is 9.74. The average Bonchev–Trinajstić information content (AvgIpc) is 3.13. The molecule has 1 aromatic heterocycles. The van der Waals surface area contributed by atoms with E-state index in [2.05, 4.69) is 61.5 Å². The van der Waals surface area contributed by atoms with Gasteiger partial charge in [0.25, 0.3) is 0 Å². The number of allylic oxidation sites excluding steroid dienone is 1. The number of hydrogen-bond acceptors (Lipinski definition) is 4. The van der Waals surface area contributed by atoms with Crippen LogP contribution in [0.3, 0.4) is 0 Å². The predicted octanol–water partition coefficient (Wildman–Crippen LogP) is 6.63. The molecule has 0 radical (unpaired) electrons. The fraction of sp³-hybridized carbons (Fsp3) is 0.348. The molecule has 1 heterocycles. The molecule has 0 aliphatic heterocycles. The molecular weight excluding hydrogens is 417 g/mol. The van der Waals surface area contributed by atoms with E-state index in [0.29, 0.717) is 10.0 Å². The third-order valence-electron chi connectivity index (χ3n) is 4.85. The lowest BCUT2D eigenvalue weighted by atomic mass is 9.85. The van der Waals surface area contributed by atoms with Crippen LogP contribution in [-0.2, 0) is 5.54 Å². The van der Waals surface area contributed by atoms with Crippen molar-refractivity contribution in [3.63, 3.8) is 0 Å². The Kier molecular flexibility index (Phi) is 6.53. The van der Waals surface area contributed by atoms with Crippen LogP contribution in [0.4, 0.5) is 5.69 Å². The zero-order chi connectivity index (χ0) is 21.9. The summed E-state index contributed by atoms with van der Waals surface area (Å²) in [5.74, 6) is 0.748. The molecule has 3 rings (SSSR count). The molecule has 0 bridgehead atoms. The molecule has 0 spiro atoms. The number of para-hydroxylation sites is 1. The normalized spacial score (nSPS) is 13.6. The molecule has 7 heteroatoms. The largest absolute Gasteiger partial charge is 0.373 e. The van der Waals surface area contributed by atoms with Crippen LogP contribution >= 0.6 is 23.2 Å². The van der Waals surface area contributed by atoms with Gasteiger partial charge in [-0.15, -0.1) is 5.10 Å². The van der Waals surface area contributed by atoms with Gasteiger partial charge in [-0.25, -0.2) is 4.68 Å². The number of halogens is 2. The lowest BCUT2D eigenvalue weighted by molar-refractivity contribution is 0.258. The van der Waals surface area contributed by atoms with Gasteiger partial charge < -0.3 is 5.32 Å². The molecule has 0 saturated heterocycles. The Balaban J connectivity index is 1.97. The maximum atomic E-state index is 6.35. The zero-order valence-corrected chi connectivity index (χ0v) is 19.4. The van der Waals surface area contributed by atoms with E-state index in [1.165, 1.54) is 0 Å². The second-order valence-electron chi connectivity index (χ2n) is 8.90. The van der Waals surface area contributed by atoms with Crippen molar-refractivity contribution in [3.05, 3.63) is 76.0 Å². The second kappa shape index (κ2) is 8.78. The van der Waals surface area contributed by atoms with Gasteiger partial charge in [0.05, 0.1) is 11.6 Å². The van der Waals surface area contributed by atoms with Crippen molar-refractivity contribution in [3.8, 4) is 0 Å². The van der Waals surface area contributed by atoms with E-state index < -0.39 is 5.54 Å². The Hall–Kier alpha value is -2.37. The minimum atomic E-state index is -0.486. The maximum Gasteiger partial charge on any atom is 0.176 e. The van der Waals surface area contributed by atoms with E-state index in [1.54, 1.807) is 6.07 Å². The summed E-state index contributed by atoms with van der Waals surface area (Å²) in [6.07, 6.45) is 4.09. The first-order chi connectivity index (χ1) is 14.1. The van der Waals surface area contributed by atoms with E-state index in [4.69, 9.17) is 23.2 Å². The first kappa shape index (κ1) is 22.3. The SMILES string of the molecule is CC(C)(Nc1ccccc1)c1nnnn1[C@H](C=Cc1ccc(Cl)cc1Cl)C(C)(C)C. The highest BCUT2D eigenvalue weighted by Crippen LogP contribution is 2.35. The lowest BCUT2D eigenvalue weighted by Gasteiger charge is -2.33. The molecule has 5 nitrogen and oxygen atoms in total. The van der Waals surface area contributed by atoms with Crippen LogP contribution in [0.2, 0.25) is 10.0 Å². The van der Waals surface area contributed by atoms with Crippen LogP contribution < -0.4 is 5.32 Å². The highest BCUT2D eigenvalue weighted by molar-refractivity contribution is 6.35. The standard InChI is InChI=1S/C23H27Cl2N5/c1-22(2,3)20(14-12-16-11-13-17(24)15-19(16)25)30-21(27-28-29-30)23(4,5)26-18-9-7-6-8-10-18/h6-15,20,26H,1-5H3/t20-/m1/s1. The number of benzene rings is 2. The maximum absolute atomic E-state index is 6.35. The van der Waals surface area contributed by atoms with Gasteiger partial charge in [-0.3, -0.25) is 0 Å². The van der Waals surface area contributed by atoms with E-state index >= 15 is 0 Å². The van der Waals surface area contributed by atoms with E-state index in [9.17, 15) is 0 Å². The highest BCUT2D eigenvalue weighted by Gasteiger charge is 2.34. The van der Waals surface area contributed by atoms with Crippen LogP contribution in [0.5, 0.6) is 0 Å². The average molecular weight is 444 g/mol. The van der Waals surface area contributed by atoms with Gasteiger partial charge in [-0.05, 0) is 59.5 Å². The molecule has 0 aliphatic rings. The van der Waals surface area contributed by atoms with E-state index in [0.717, 1.165) is 17.1 Å². The van der Waals surface area contributed by atoms with Crippen LogP contribution in [0.1, 0.15) is 52.0 Å². The smallest absolute Gasteiger partial charge is 0.176 e. The summed E-state index contributed by atoms with van der Waals surface area (Å²) in [6.45, 7) is 10.6. The topological polar surface area (TPSA) is 55.6 Å². The Morgan fingerprint density at radius 3 is 2.33 bits per heavy atom. The van der Waals surface area contributed by atoms with Gasteiger partial charge in [0.1, 0.15) is 0 Å². The molecule has 0 amide bonds. The molecule has 0 saturated carbocycles. The molecule has 2 aromatic carbocycles. The van der Waals surface area contributed by atoms with Crippen molar-refractivity contribution in [2.45, 2.75) is 46.2 Å². The molecule has 0 unspecified atom stereocenters. The molecular formula is C23H27Cl2N5. The Bertz CT molecular complexity index is 1020. The van der Waals surface area contributed by atoms with Crippen molar-refractivity contribution in [1.82, 2.24) is 20.2 Å². The van der Waals surface area contributed by atoms with Crippen molar-refractivity contribution < 1.29 is 0 Å². The molecule has 0 fully saturated rings. The van der Waals surface area contributed by atoms with Gasteiger partial charge >= 0.3 is 0 Å². The molecule has 30 heavy (non-hydrogen) atoms. The summed E-state index contributed by atoms with van der Waals surface area (Å²) < 4.78 is 1.89. The van der Waals surface area contributed by atoms with Gasteiger partial charge in [-0.1, -0.05) is 80.4 Å². The summed E-state index contributed by atoms with van der Waals surface area (Å²) in [4.78, 5) is 0. The molecule has 158 valence electrons. The third kappa shape index (κ3) is 5.21. The Morgan fingerprint density at radius 2 is 1.70 bits per heavy atom. The minimum absolute atomic E-state index is 0.0916. The van der Waals surface area contributed by atoms with E-state index in [1.807, 2.05) is 53.2 Å². The van der Waals surface area contributed by atoms with Gasteiger partial charge in [0.2, 0.25) is 0 Å². The zero-order valence-electron chi connectivity index (χ0n) is 17.9. The number of tetrazole rings is 1. The van der Waals surface area contributed by atoms with Crippen LogP contribution in [0.25, 0.3) is 6.08 Å². The summed E-state index contributed by atoms with van der Waals surface area (Å²) in [6, 6.07) is 15.4. The fourth-order valence-corrected chi connectivity index (χ4v) is 3.77. The number of rotatable bonds is 6. The van der Waals surface area contributed by atoms with Gasteiger partial charge in [-0.2, -0.15) is 0 Å². The molecule has 1 atom stereocenters. The summed E-state index contributed by atoms with van der Waals surface area (Å²) in [5.41, 5.74) is 1.28. The fourth-order valence-electron chi connectivity index (χ4n) is 3.30. The number of hydrogen-bond donors (Lipinski definition) is 1. The van der Waals surface area contributed by atoms with E-state index in [-0.39, 0.29) is 11.5 Å². The van der Waals surface area contributed by atoms with Crippen molar-refractivity contribution in [1.29, 1.82) is 0 Å².